The highest BCUT2D eigenvalue weighted by molar-refractivity contribution is 5.87. The van der Waals surface area contributed by atoms with Gasteiger partial charge in [0.25, 0.3) is 0 Å². The molecule has 0 radical (unpaired) electrons. The second-order valence-corrected chi connectivity index (χ2v) is 4.16. The van der Waals surface area contributed by atoms with E-state index >= 15 is 0 Å². The largest absolute Gasteiger partial charge is 0.463 e. The smallest absolute Gasteiger partial charge is 0.333 e. The van der Waals surface area contributed by atoms with Crippen molar-refractivity contribution in [3.8, 4) is 0 Å². The molecule has 0 amide bonds. The fraction of sp³-hybridized carbons (Fsp3) is 0.786. The van der Waals surface area contributed by atoms with Gasteiger partial charge in [-0.25, -0.2) is 4.79 Å². The Labute approximate surface area is 100 Å². The molecule has 0 aliphatic carbocycles. The van der Waals surface area contributed by atoms with Crippen LogP contribution in [0.5, 0.6) is 0 Å². The molecule has 0 N–H and O–H groups in total. The van der Waals surface area contributed by atoms with Crippen molar-refractivity contribution in [2.75, 3.05) is 6.61 Å². The van der Waals surface area contributed by atoms with Gasteiger partial charge in [-0.1, -0.05) is 45.1 Å². The molecule has 0 spiro atoms. The fourth-order valence-corrected chi connectivity index (χ4v) is 1.57. The summed E-state index contributed by atoms with van der Waals surface area (Å²) in [6, 6.07) is 0. The van der Waals surface area contributed by atoms with Gasteiger partial charge in [-0.2, -0.15) is 0 Å². The van der Waals surface area contributed by atoms with Crippen molar-refractivity contribution in [1.29, 1.82) is 0 Å². The van der Waals surface area contributed by atoms with Gasteiger partial charge in [-0.3, -0.25) is 0 Å². The molecule has 0 saturated heterocycles. The van der Waals surface area contributed by atoms with Gasteiger partial charge in [0.15, 0.2) is 0 Å². The summed E-state index contributed by atoms with van der Waals surface area (Å²) in [5.74, 6) is -0.173. The van der Waals surface area contributed by atoms with E-state index in [0.29, 0.717) is 6.61 Å². The summed E-state index contributed by atoms with van der Waals surface area (Å²) in [4.78, 5) is 11.3. The first-order valence-corrected chi connectivity index (χ1v) is 6.56. The average molecular weight is 226 g/mol. The van der Waals surface area contributed by atoms with Gasteiger partial charge in [-0.05, 0) is 26.7 Å². The molecule has 0 aromatic rings. The first kappa shape index (κ1) is 15.2. The van der Waals surface area contributed by atoms with Crippen molar-refractivity contribution < 1.29 is 9.53 Å². The molecular weight excluding hydrogens is 200 g/mol. The van der Waals surface area contributed by atoms with E-state index in [1.807, 2.05) is 19.9 Å². The molecule has 0 unspecified atom stereocenters. The highest BCUT2D eigenvalue weighted by Gasteiger charge is 2.02. The van der Waals surface area contributed by atoms with E-state index in [1.54, 1.807) is 0 Å². The van der Waals surface area contributed by atoms with Crippen LogP contribution >= 0.6 is 0 Å². The molecule has 0 rings (SSSR count). The van der Waals surface area contributed by atoms with Crippen LogP contribution in [0.4, 0.5) is 0 Å². The normalized spacial score (nSPS) is 11.6. The van der Waals surface area contributed by atoms with Gasteiger partial charge in [0.05, 0.1) is 6.61 Å². The number of ether oxygens (including phenoxy) is 1. The van der Waals surface area contributed by atoms with Gasteiger partial charge in [0, 0.05) is 5.57 Å². The summed E-state index contributed by atoms with van der Waals surface area (Å²) in [7, 11) is 0. The number of unbranched alkanes of at least 4 members (excludes halogenated alkanes) is 6. The predicted molar refractivity (Wildman–Crippen MR) is 68.4 cm³/mol. The van der Waals surface area contributed by atoms with Crippen LogP contribution in [0.15, 0.2) is 11.6 Å². The zero-order valence-corrected chi connectivity index (χ0v) is 11.1. The molecule has 0 aliphatic rings. The SMILES string of the molecule is CCCCCCCC/C=C(\C)C(=O)OCC. The van der Waals surface area contributed by atoms with E-state index in [0.717, 1.165) is 12.0 Å². The Morgan fingerprint density at radius 3 is 2.31 bits per heavy atom. The molecule has 0 aromatic carbocycles. The second-order valence-electron chi connectivity index (χ2n) is 4.16. The Morgan fingerprint density at radius 1 is 1.06 bits per heavy atom. The summed E-state index contributed by atoms with van der Waals surface area (Å²) in [6.07, 6.45) is 10.7. The third-order valence-electron chi connectivity index (χ3n) is 2.61. The van der Waals surface area contributed by atoms with Crippen LogP contribution in [0.3, 0.4) is 0 Å². The number of rotatable bonds is 9. The Balaban J connectivity index is 3.47. The zero-order chi connectivity index (χ0) is 12.2. The van der Waals surface area contributed by atoms with E-state index in [9.17, 15) is 4.79 Å². The Kier molecular flexibility index (Phi) is 10.2. The highest BCUT2D eigenvalue weighted by atomic mass is 16.5. The van der Waals surface area contributed by atoms with Gasteiger partial charge in [-0.15, -0.1) is 0 Å². The Hall–Kier alpha value is -0.790. The molecule has 16 heavy (non-hydrogen) atoms. The lowest BCUT2D eigenvalue weighted by molar-refractivity contribution is -0.138. The van der Waals surface area contributed by atoms with E-state index in [2.05, 4.69) is 6.92 Å². The van der Waals surface area contributed by atoms with Crippen molar-refractivity contribution in [2.45, 2.75) is 65.7 Å². The molecule has 0 atom stereocenters. The summed E-state index contributed by atoms with van der Waals surface area (Å²) in [5, 5.41) is 0. The summed E-state index contributed by atoms with van der Waals surface area (Å²) < 4.78 is 4.91. The summed E-state index contributed by atoms with van der Waals surface area (Å²) in [5.41, 5.74) is 0.746. The van der Waals surface area contributed by atoms with Crippen molar-refractivity contribution in [1.82, 2.24) is 0 Å². The van der Waals surface area contributed by atoms with Crippen LogP contribution in [-0.4, -0.2) is 12.6 Å². The molecule has 0 heterocycles. The number of esters is 1. The topological polar surface area (TPSA) is 26.3 Å². The van der Waals surface area contributed by atoms with Crippen LogP contribution in [0.25, 0.3) is 0 Å². The minimum Gasteiger partial charge on any atom is -0.463 e. The number of hydrogen-bond donors (Lipinski definition) is 0. The van der Waals surface area contributed by atoms with Crippen LogP contribution in [0, 0.1) is 0 Å². The molecule has 0 fully saturated rings. The molecule has 0 saturated carbocycles. The number of carbonyl (C=O) groups is 1. The molecule has 94 valence electrons. The summed E-state index contributed by atoms with van der Waals surface area (Å²) in [6.45, 7) is 6.35. The van der Waals surface area contributed by atoms with Gasteiger partial charge in [0.2, 0.25) is 0 Å². The first-order valence-electron chi connectivity index (χ1n) is 6.56. The maximum Gasteiger partial charge on any atom is 0.333 e. The van der Waals surface area contributed by atoms with E-state index in [-0.39, 0.29) is 5.97 Å². The lowest BCUT2D eigenvalue weighted by Gasteiger charge is -2.01. The summed E-state index contributed by atoms with van der Waals surface area (Å²) >= 11 is 0. The Bertz CT molecular complexity index is 207. The molecule has 0 aliphatic heterocycles. The van der Waals surface area contributed by atoms with Gasteiger partial charge < -0.3 is 4.74 Å². The highest BCUT2D eigenvalue weighted by Crippen LogP contribution is 2.08. The van der Waals surface area contributed by atoms with Gasteiger partial charge >= 0.3 is 5.97 Å². The maximum absolute atomic E-state index is 11.3. The number of hydrogen-bond acceptors (Lipinski definition) is 2. The lowest BCUT2D eigenvalue weighted by Crippen LogP contribution is -2.04. The third-order valence-corrected chi connectivity index (χ3v) is 2.61. The third kappa shape index (κ3) is 8.51. The molecule has 2 heteroatoms. The molecule has 0 aromatic heterocycles. The van der Waals surface area contributed by atoms with Crippen molar-refractivity contribution in [2.24, 2.45) is 0 Å². The van der Waals surface area contributed by atoms with E-state index < -0.39 is 0 Å². The standard InChI is InChI=1S/C14H26O2/c1-4-6-7-8-9-10-11-12-13(3)14(15)16-5-2/h12H,4-11H2,1-3H3/b13-12+. The monoisotopic (exact) mass is 226 g/mol. The van der Waals surface area contributed by atoms with Crippen LogP contribution in [0.1, 0.15) is 65.7 Å². The number of carbonyl (C=O) groups excluding carboxylic acids is 1. The van der Waals surface area contributed by atoms with Crippen LogP contribution in [0.2, 0.25) is 0 Å². The number of allylic oxidation sites excluding steroid dienone is 1. The van der Waals surface area contributed by atoms with Crippen molar-refractivity contribution in [3.63, 3.8) is 0 Å². The minimum atomic E-state index is -0.173. The second kappa shape index (κ2) is 10.7. The lowest BCUT2D eigenvalue weighted by atomic mass is 10.1. The maximum atomic E-state index is 11.3. The fourth-order valence-electron chi connectivity index (χ4n) is 1.57. The van der Waals surface area contributed by atoms with Crippen molar-refractivity contribution >= 4 is 5.97 Å². The van der Waals surface area contributed by atoms with E-state index in [4.69, 9.17) is 4.74 Å². The average Bonchev–Trinajstić information content (AvgIpc) is 2.28. The first-order chi connectivity index (χ1) is 7.72. The predicted octanol–water partition coefficient (Wildman–Crippen LogP) is 4.25. The van der Waals surface area contributed by atoms with Crippen molar-refractivity contribution in [3.05, 3.63) is 11.6 Å². The van der Waals surface area contributed by atoms with Gasteiger partial charge in [0.1, 0.15) is 0 Å². The molecular formula is C14H26O2. The van der Waals surface area contributed by atoms with E-state index in [1.165, 1.54) is 38.5 Å². The minimum absolute atomic E-state index is 0.173. The molecule has 0 bridgehead atoms. The molecule has 2 nitrogen and oxygen atoms in total. The van der Waals surface area contributed by atoms with Crippen LogP contribution in [-0.2, 0) is 9.53 Å². The van der Waals surface area contributed by atoms with Crippen LogP contribution < -0.4 is 0 Å². The zero-order valence-electron chi connectivity index (χ0n) is 11.1. The quantitative estimate of drug-likeness (QED) is 0.334. The Morgan fingerprint density at radius 2 is 1.69 bits per heavy atom.